The van der Waals surface area contributed by atoms with Gasteiger partial charge in [-0.2, -0.15) is 5.10 Å². The van der Waals surface area contributed by atoms with Gasteiger partial charge in [0.15, 0.2) is 0 Å². The Morgan fingerprint density at radius 1 is 0.800 bits per heavy atom. The van der Waals surface area contributed by atoms with E-state index in [2.05, 4.69) is 21.9 Å². The summed E-state index contributed by atoms with van der Waals surface area (Å²) in [6.07, 6.45) is 1.59. The number of carbonyl (C=O) groups excluding carboxylic acids is 2. The van der Waals surface area contributed by atoms with Gasteiger partial charge in [0.2, 0.25) is 0 Å². The predicted octanol–water partition coefficient (Wildman–Crippen LogP) is 4.32. The van der Waals surface area contributed by atoms with Gasteiger partial charge in [0.05, 0.1) is 12.3 Å². The summed E-state index contributed by atoms with van der Waals surface area (Å²) in [5.41, 5.74) is 4.15. The molecule has 2 amide bonds. The standard InChI is InChI=1S/C25H21N3O2/c1-17(18-9-3-2-4-10-18)27-24(29)25(30)28-26-16-23-21-13-7-5-11-19(21)15-20-12-6-8-14-22(20)23/h2-17H,1H3,(H,27,29)(H,28,30). The van der Waals surface area contributed by atoms with Crippen LogP contribution in [0.4, 0.5) is 0 Å². The average molecular weight is 395 g/mol. The Kier molecular flexibility index (Phi) is 5.52. The topological polar surface area (TPSA) is 70.6 Å². The summed E-state index contributed by atoms with van der Waals surface area (Å²) in [4.78, 5) is 24.4. The molecule has 2 N–H and O–H groups in total. The molecule has 1 atom stereocenters. The van der Waals surface area contributed by atoms with E-state index in [1.807, 2.05) is 85.8 Å². The monoisotopic (exact) mass is 395 g/mol. The molecule has 4 aromatic rings. The molecular weight excluding hydrogens is 374 g/mol. The van der Waals surface area contributed by atoms with Gasteiger partial charge in [-0.1, -0.05) is 78.9 Å². The van der Waals surface area contributed by atoms with E-state index in [-0.39, 0.29) is 6.04 Å². The summed E-state index contributed by atoms with van der Waals surface area (Å²) >= 11 is 0. The molecule has 0 bridgehead atoms. The highest BCUT2D eigenvalue weighted by Gasteiger charge is 2.16. The smallest absolute Gasteiger partial charge is 0.329 e. The van der Waals surface area contributed by atoms with Crippen LogP contribution in [0.2, 0.25) is 0 Å². The van der Waals surface area contributed by atoms with Crippen LogP contribution in [0, 0.1) is 0 Å². The van der Waals surface area contributed by atoms with Crippen LogP contribution in [0.25, 0.3) is 21.5 Å². The van der Waals surface area contributed by atoms with Crippen molar-refractivity contribution in [3.05, 3.63) is 96.1 Å². The van der Waals surface area contributed by atoms with Gasteiger partial charge >= 0.3 is 11.8 Å². The quantitative estimate of drug-likeness (QED) is 0.234. The number of benzene rings is 4. The highest BCUT2D eigenvalue weighted by molar-refractivity contribution is 6.35. The Labute approximate surface area is 174 Å². The fraction of sp³-hybridized carbons (Fsp3) is 0.0800. The van der Waals surface area contributed by atoms with Crippen LogP contribution in [0.3, 0.4) is 0 Å². The molecule has 30 heavy (non-hydrogen) atoms. The van der Waals surface area contributed by atoms with Crippen LogP contribution in [-0.2, 0) is 9.59 Å². The zero-order valence-corrected chi connectivity index (χ0v) is 16.5. The summed E-state index contributed by atoms with van der Waals surface area (Å²) in [7, 11) is 0. The van der Waals surface area contributed by atoms with Crippen molar-refractivity contribution in [3.8, 4) is 0 Å². The maximum atomic E-state index is 12.2. The average Bonchev–Trinajstić information content (AvgIpc) is 2.79. The van der Waals surface area contributed by atoms with Crippen molar-refractivity contribution in [1.82, 2.24) is 10.7 Å². The minimum absolute atomic E-state index is 0.282. The van der Waals surface area contributed by atoms with Gasteiger partial charge in [-0.25, -0.2) is 5.43 Å². The number of amides is 2. The number of hydrogen-bond acceptors (Lipinski definition) is 3. The maximum Gasteiger partial charge on any atom is 0.329 e. The molecule has 148 valence electrons. The molecule has 0 fully saturated rings. The number of nitrogens with zero attached hydrogens (tertiary/aromatic N) is 1. The van der Waals surface area contributed by atoms with Crippen LogP contribution >= 0.6 is 0 Å². The molecule has 5 nitrogen and oxygen atoms in total. The van der Waals surface area contributed by atoms with E-state index in [4.69, 9.17) is 0 Å². The Balaban J connectivity index is 1.52. The molecule has 0 heterocycles. The Morgan fingerprint density at radius 3 is 2.00 bits per heavy atom. The van der Waals surface area contributed by atoms with E-state index >= 15 is 0 Å². The summed E-state index contributed by atoms with van der Waals surface area (Å²) in [5, 5.41) is 10.9. The first-order valence-corrected chi connectivity index (χ1v) is 9.73. The van der Waals surface area contributed by atoms with Gasteiger partial charge in [0.1, 0.15) is 0 Å². The third kappa shape index (κ3) is 4.05. The highest BCUT2D eigenvalue weighted by Crippen LogP contribution is 2.27. The van der Waals surface area contributed by atoms with Crippen molar-refractivity contribution < 1.29 is 9.59 Å². The molecule has 0 saturated heterocycles. The summed E-state index contributed by atoms with van der Waals surface area (Å²) in [6, 6.07) is 27.3. The van der Waals surface area contributed by atoms with Gasteiger partial charge in [-0.3, -0.25) is 9.59 Å². The van der Waals surface area contributed by atoms with E-state index < -0.39 is 11.8 Å². The number of hydrogen-bond donors (Lipinski definition) is 2. The number of fused-ring (bicyclic) bond motifs is 2. The molecule has 5 heteroatoms. The SMILES string of the molecule is CC(NC(=O)C(=O)NN=Cc1c2ccccc2cc2ccccc12)c1ccccc1. The van der Waals surface area contributed by atoms with Gasteiger partial charge < -0.3 is 5.32 Å². The molecule has 0 aliphatic rings. The summed E-state index contributed by atoms with van der Waals surface area (Å²) in [5.74, 6) is -1.54. The first kappa shape index (κ1) is 19.3. The molecule has 0 aliphatic carbocycles. The Bertz CT molecular complexity index is 1200. The van der Waals surface area contributed by atoms with E-state index in [1.54, 1.807) is 6.21 Å². The third-order valence-corrected chi connectivity index (χ3v) is 5.03. The first-order valence-electron chi connectivity index (χ1n) is 9.73. The molecule has 4 aromatic carbocycles. The van der Waals surface area contributed by atoms with Crippen LogP contribution in [0.1, 0.15) is 24.1 Å². The lowest BCUT2D eigenvalue weighted by Gasteiger charge is -2.13. The van der Waals surface area contributed by atoms with Crippen molar-refractivity contribution in [1.29, 1.82) is 0 Å². The molecule has 0 aromatic heterocycles. The van der Waals surface area contributed by atoms with Crippen LogP contribution in [0.5, 0.6) is 0 Å². The van der Waals surface area contributed by atoms with Gasteiger partial charge in [-0.05, 0) is 40.1 Å². The zero-order valence-electron chi connectivity index (χ0n) is 16.5. The van der Waals surface area contributed by atoms with Crippen molar-refractivity contribution in [2.45, 2.75) is 13.0 Å². The van der Waals surface area contributed by atoms with Crippen LogP contribution in [0.15, 0.2) is 90.0 Å². The van der Waals surface area contributed by atoms with Crippen molar-refractivity contribution in [2.24, 2.45) is 5.10 Å². The van der Waals surface area contributed by atoms with Gasteiger partial charge in [0.25, 0.3) is 0 Å². The fourth-order valence-corrected chi connectivity index (χ4v) is 3.48. The fourth-order valence-electron chi connectivity index (χ4n) is 3.48. The Hall–Kier alpha value is -3.99. The third-order valence-electron chi connectivity index (χ3n) is 5.03. The second-order valence-corrected chi connectivity index (χ2v) is 7.04. The number of nitrogens with one attached hydrogen (secondary N) is 2. The molecule has 0 spiro atoms. The maximum absolute atomic E-state index is 12.2. The lowest BCUT2D eigenvalue weighted by atomic mass is 9.97. The minimum atomic E-state index is -0.807. The van der Waals surface area contributed by atoms with Crippen molar-refractivity contribution >= 4 is 39.6 Å². The van der Waals surface area contributed by atoms with Crippen molar-refractivity contribution in [2.75, 3.05) is 0 Å². The Morgan fingerprint density at radius 2 is 1.37 bits per heavy atom. The number of hydrazone groups is 1. The van der Waals surface area contributed by atoms with Gasteiger partial charge in [0, 0.05) is 5.56 Å². The second kappa shape index (κ2) is 8.57. The minimum Gasteiger partial charge on any atom is -0.341 e. The van der Waals surface area contributed by atoms with E-state index in [0.29, 0.717) is 0 Å². The van der Waals surface area contributed by atoms with Crippen LogP contribution < -0.4 is 10.7 Å². The predicted molar refractivity (Wildman–Crippen MR) is 120 cm³/mol. The largest absolute Gasteiger partial charge is 0.341 e. The van der Waals surface area contributed by atoms with E-state index in [0.717, 1.165) is 32.7 Å². The summed E-state index contributed by atoms with van der Waals surface area (Å²) in [6.45, 7) is 1.83. The molecule has 0 saturated carbocycles. The lowest BCUT2D eigenvalue weighted by molar-refractivity contribution is -0.139. The second-order valence-electron chi connectivity index (χ2n) is 7.04. The molecule has 0 radical (unpaired) electrons. The number of carbonyl (C=O) groups is 2. The molecular formula is C25H21N3O2. The molecule has 0 aliphatic heterocycles. The highest BCUT2D eigenvalue weighted by atomic mass is 16.2. The molecule has 4 rings (SSSR count). The van der Waals surface area contributed by atoms with Gasteiger partial charge in [-0.15, -0.1) is 0 Å². The van der Waals surface area contributed by atoms with Crippen LogP contribution in [-0.4, -0.2) is 18.0 Å². The zero-order chi connectivity index (χ0) is 20.9. The summed E-state index contributed by atoms with van der Waals surface area (Å²) < 4.78 is 0. The molecule has 1 unspecified atom stereocenters. The van der Waals surface area contributed by atoms with E-state index in [1.165, 1.54) is 0 Å². The lowest BCUT2D eigenvalue weighted by Crippen LogP contribution is -2.39. The van der Waals surface area contributed by atoms with Crippen molar-refractivity contribution in [3.63, 3.8) is 0 Å². The number of rotatable bonds is 4. The first-order chi connectivity index (χ1) is 14.6. The van der Waals surface area contributed by atoms with E-state index in [9.17, 15) is 9.59 Å². The normalized spacial score (nSPS) is 12.2.